The quantitative estimate of drug-likeness (QED) is 0.130. The van der Waals surface area contributed by atoms with Crippen molar-refractivity contribution in [3.63, 3.8) is 0 Å². The van der Waals surface area contributed by atoms with E-state index in [1.165, 1.54) is 0 Å². The first kappa shape index (κ1) is 3.96. The molecule has 5 heavy (non-hydrogen) atoms. The van der Waals surface area contributed by atoms with Crippen LogP contribution in [-0.4, -0.2) is 4.92 Å². The van der Waals surface area contributed by atoms with Gasteiger partial charge in [0.25, 0.3) is 0 Å². The molecule has 26 valence electrons. The van der Waals surface area contributed by atoms with Gasteiger partial charge in [0.15, 0.2) is 0 Å². The van der Waals surface area contributed by atoms with Crippen molar-refractivity contribution in [3.8, 4) is 6.04 Å². The Morgan fingerprint density at radius 3 is 2.20 bits per heavy atom. The van der Waals surface area contributed by atoms with E-state index in [0.29, 0.717) is 0 Å². The molecule has 0 bridgehead atoms. The maximum Gasteiger partial charge on any atom is 0.0754 e. The molecular weight excluding hydrogens is 70.0 g/mol. The van der Waals surface area contributed by atoms with Crippen LogP contribution < -0.4 is 0 Å². The van der Waals surface area contributed by atoms with Gasteiger partial charge in [-0.1, -0.05) is 0 Å². The first-order valence-electron chi connectivity index (χ1n) is 0.839. The molecule has 0 amide bonds. The Labute approximate surface area is 28.8 Å². The van der Waals surface area contributed by atoms with Gasteiger partial charge in [-0.05, 0) is 0 Å². The predicted octanol–water partition coefficient (Wildman–Crippen LogP) is -0.190. The highest BCUT2D eigenvalue weighted by molar-refractivity contribution is 4.50. The van der Waals surface area contributed by atoms with Gasteiger partial charge in [-0.25, -0.2) is 0 Å². The fraction of sp³-hybridized carbons (Fsp3) is 0. The van der Waals surface area contributed by atoms with Crippen LogP contribution in [0.1, 0.15) is 0 Å². The molecular formula is C2NO2-. The van der Waals surface area contributed by atoms with Crippen LogP contribution in [-0.2, 0) is 0 Å². The maximum absolute atomic E-state index is 8.88. The Kier molecular flexibility index (Phi) is 1.03. The van der Waals surface area contributed by atoms with E-state index < -0.39 is 4.92 Å². The van der Waals surface area contributed by atoms with E-state index in [-0.39, 0.29) is 0 Å². The molecule has 0 saturated heterocycles. The molecule has 3 nitrogen and oxygen atoms in total. The maximum atomic E-state index is 8.88. The number of hydrogen-bond acceptors (Lipinski definition) is 2. The van der Waals surface area contributed by atoms with Gasteiger partial charge in [0.2, 0.25) is 0 Å². The van der Waals surface area contributed by atoms with E-state index in [9.17, 15) is 0 Å². The van der Waals surface area contributed by atoms with Crippen LogP contribution in [0.4, 0.5) is 0 Å². The van der Waals surface area contributed by atoms with Gasteiger partial charge in [-0.15, -0.1) is 0 Å². The average molecular weight is 70.0 g/mol. The van der Waals surface area contributed by atoms with Crippen LogP contribution >= 0.6 is 0 Å². The summed E-state index contributed by atoms with van der Waals surface area (Å²) in [6.45, 7) is 0. The lowest BCUT2D eigenvalue weighted by Crippen LogP contribution is -1.78. The summed E-state index contributed by atoms with van der Waals surface area (Å²) in [7, 11) is 0. The van der Waals surface area contributed by atoms with Crippen molar-refractivity contribution in [2.75, 3.05) is 0 Å². The minimum atomic E-state index is -0.958. The van der Waals surface area contributed by atoms with Gasteiger partial charge in [-0.3, -0.25) is 10.1 Å². The van der Waals surface area contributed by atoms with Crippen molar-refractivity contribution in [1.29, 1.82) is 0 Å². The summed E-state index contributed by atoms with van der Waals surface area (Å²) in [6, 6.07) is 1.00. The molecule has 0 radical (unpaired) electrons. The van der Waals surface area contributed by atoms with Crippen LogP contribution in [0.5, 0.6) is 0 Å². The molecule has 0 atom stereocenters. The smallest absolute Gasteiger partial charge is 0.0754 e. The highest BCUT2D eigenvalue weighted by Gasteiger charge is 1.60. The largest absolute Gasteiger partial charge is 0.608 e. The number of nitrogens with zero attached hydrogens (tertiary/aromatic N) is 1. The van der Waals surface area contributed by atoms with E-state index in [1.807, 2.05) is 0 Å². The number of rotatable bonds is 0. The molecule has 0 aromatic heterocycles. The molecule has 0 spiro atoms. The zero-order chi connectivity index (χ0) is 4.28. The Morgan fingerprint density at radius 2 is 2.20 bits per heavy atom. The summed E-state index contributed by atoms with van der Waals surface area (Å²) in [6.07, 6.45) is 5.71. The first-order chi connectivity index (χ1) is 2.27. The normalized spacial score (nSPS) is 5.40. The lowest BCUT2D eigenvalue weighted by Gasteiger charge is -1.68. The zero-order valence-electron chi connectivity index (χ0n) is 2.26. The minimum Gasteiger partial charge on any atom is -0.608 e. The van der Waals surface area contributed by atoms with E-state index in [1.54, 1.807) is 0 Å². The summed E-state index contributed by atoms with van der Waals surface area (Å²) in [5.74, 6) is 0. The van der Waals surface area contributed by atoms with Gasteiger partial charge >= 0.3 is 0 Å². The minimum absolute atomic E-state index is 0.958. The molecule has 0 unspecified atom stereocenters. The summed E-state index contributed by atoms with van der Waals surface area (Å²) >= 11 is 0. The van der Waals surface area contributed by atoms with Crippen LogP contribution in [0.15, 0.2) is 0 Å². The third-order valence-electron chi connectivity index (χ3n) is 0.0913. The lowest BCUT2D eigenvalue weighted by molar-refractivity contribution is -0.379. The van der Waals surface area contributed by atoms with Crippen molar-refractivity contribution in [3.05, 3.63) is 16.5 Å². The molecule has 0 aliphatic rings. The predicted molar refractivity (Wildman–Crippen MR) is 14.1 cm³/mol. The Hall–Kier alpha value is -1.04. The third kappa shape index (κ3) is 2.96. The molecule has 0 fully saturated rings. The SMILES string of the molecule is [C-]#C[N+](=O)[O-]. The van der Waals surface area contributed by atoms with Gasteiger partial charge in [0, 0.05) is 6.04 Å². The van der Waals surface area contributed by atoms with Crippen molar-refractivity contribution in [1.82, 2.24) is 0 Å². The van der Waals surface area contributed by atoms with E-state index in [4.69, 9.17) is 16.5 Å². The average Bonchev–Trinajstić information content (AvgIpc) is 1.38. The highest BCUT2D eigenvalue weighted by Crippen LogP contribution is 1.49. The molecule has 0 heterocycles. The second-order valence-corrected chi connectivity index (χ2v) is 0.369. The van der Waals surface area contributed by atoms with Crippen molar-refractivity contribution >= 4 is 0 Å². The molecule has 0 aromatic carbocycles. The molecule has 0 rings (SSSR count). The Bertz CT molecular complexity index is 80.1. The summed E-state index contributed by atoms with van der Waals surface area (Å²) in [4.78, 5) is 7.92. The lowest BCUT2D eigenvalue weighted by atomic mass is 11.2. The summed E-state index contributed by atoms with van der Waals surface area (Å²) in [5, 5.41) is 8.88. The number of nitro groups is 1. The van der Waals surface area contributed by atoms with E-state index >= 15 is 0 Å². The Morgan fingerprint density at radius 1 is 2.00 bits per heavy atom. The van der Waals surface area contributed by atoms with Gasteiger partial charge in [0.05, 0.1) is 4.92 Å². The fourth-order valence-electron chi connectivity index (χ4n) is 0. The summed E-state index contributed by atoms with van der Waals surface area (Å²) < 4.78 is 0. The van der Waals surface area contributed by atoms with Gasteiger partial charge < -0.3 is 6.42 Å². The van der Waals surface area contributed by atoms with Crippen LogP contribution in [0.25, 0.3) is 0 Å². The van der Waals surface area contributed by atoms with Crippen molar-refractivity contribution < 1.29 is 4.92 Å². The topological polar surface area (TPSA) is 43.1 Å². The fourth-order valence-corrected chi connectivity index (χ4v) is 0. The molecule has 0 aromatic rings. The standard InChI is InChI=1S/C2NO2/c1-2-3(4)5/q-1. The van der Waals surface area contributed by atoms with Gasteiger partial charge in [-0.2, -0.15) is 0 Å². The van der Waals surface area contributed by atoms with E-state index in [2.05, 4.69) is 0 Å². The second kappa shape index (κ2) is 1.30. The second-order valence-electron chi connectivity index (χ2n) is 0.369. The molecule has 0 N–H and O–H groups in total. The van der Waals surface area contributed by atoms with Crippen molar-refractivity contribution in [2.24, 2.45) is 0 Å². The van der Waals surface area contributed by atoms with Crippen LogP contribution in [0.3, 0.4) is 0 Å². The zero-order valence-corrected chi connectivity index (χ0v) is 2.26. The van der Waals surface area contributed by atoms with Crippen LogP contribution in [0.2, 0.25) is 0 Å². The Balaban J connectivity index is 3.35. The molecule has 0 saturated carbocycles. The first-order valence-corrected chi connectivity index (χ1v) is 0.839. The number of hydrogen-bond donors (Lipinski definition) is 0. The monoisotopic (exact) mass is 70.0 g/mol. The van der Waals surface area contributed by atoms with Gasteiger partial charge in [0.1, 0.15) is 0 Å². The van der Waals surface area contributed by atoms with Crippen molar-refractivity contribution in [2.45, 2.75) is 0 Å². The highest BCUT2D eigenvalue weighted by atomic mass is 16.6. The summed E-state index contributed by atoms with van der Waals surface area (Å²) in [5.41, 5.74) is 0. The van der Waals surface area contributed by atoms with Crippen LogP contribution in [0, 0.1) is 22.6 Å². The molecule has 0 aliphatic heterocycles. The third-order valence-corrected chi connectivity index (χ3v) is 0.0913. The molecule has 3 heteroatoms. The molecule has 0 aliphatic carbocycles. The van der Waals surface area contributed by atoms with E-state index in [0.717, 1.165) is 6.04 Å².